The summed E-state index contributed by atoms with van der Waals surface area (Å²) < 4.78 is 1.00. The number of phenols is 1. The number of phenolic OH excluding ortho intramolecular Hbond substituents is 1. The molecular formula is C18H22BrNO. The van der Waals surface area contributed by atoms with Crippen LogP contribution >= 0.6 is 15.9 Å². The van der Waals surface area contributed by atoms with Crippen LogP contribution in [0, 0.1) is 24.7 Å². The van der Waals surface area contributed by atoms with E-state index >= 15 is 0 Å². The van der Waals surface area contributed by atoms with Crippen molar-refractivity contribution in [2.75, 3.05) is 0 Å². The molecule has 4 aliphatic carbocycles. The van der Waals surface area contributed by atoms with E-state index in [4.69, 9.17) is 4.99 Å². The number of nitrogens with zero attached hydrogens (tertiary/aromatic N) is 1. The molecule has 112 valence electrons. The summed E-state index contributed by atoms with van der Waals surface area (Å²) in [7, 11) is 0. The Balaban J connectivity index is 1.64. The molecule has 0 unspecified atom stereocenters. The normalized spacial score (nSPS) is 37.5. The van der Waals surface area contributed by atoms with Crippen LogP contribution in [0.5, 0.6) is 5.75 Å². The van der Waals surface area contributed by atoms with Gasteiger partial charge < -0.3 is 5.11 Å². The molecule has 4 aliphatic rings. The van der Waals surface area contributed by atoms with Crippen LogP contribution in [0.3, 0.4) is 0 Å². The van der Waals surface area contributed by atoms with E-state index in [0.717, 1.165) is 33.4 Å². The van der Waals surface area contributed by atoms with E-state index in [1.807, 2.05) is 25.3 Å². The van der Waals surface area contributed by atoms with Gasteiger partial charge in [0, 0.05) is 16.3 Å². The number of hydrogen-bond donors (Lipinski definition) is 1. The van der Waals surface area contributed by atoms with Gasteiger partial charge in [0.05, 0.1) is 5.54 Å². The number of halogens is 1. The van der Waals surface area contributed by atoms with Crippen molar-refractivity contribution in [2.45, 2.75) is 51.0 Å². The third-order valence-electron chi connectivity index (χ3n) is 5.78. The van der Waals surface area contributed by atoms with E-state index in [1.165, 1.54) is 38.5 Å². The zero-order valence-electron chi connectivity index (χ0n) is 12.5. The van der Waals surface area contributed by atoms with Crippen LogP contribution in [-0.2, 0) is 0 Å². The molecule has 21 heavy (non-hydrogen) atoms. The average Bonchev–Trinajstić information content (AvgIpc) is 2.40. The van der Waals surface area contributed by atoms with Gasteiger partial charge in [-0.3, -0.25) is 4.99 Å². The van der Waals surface area contributed by atoms with E-state index in [9.17, 15) is 5.11 Å². The minimum absolute atomic E-state index is 0.178. The molecule has 0 radical (unpaired) electrons. The molecule has 5 rings (SSSR count). The lowest BCUT2D eigenvalue weighted by Gasteiger charge is -2.55. The first-order valence-electron chi connectivity index (χ1n) is 8.07. The fourth-order valence-corrected chi connectivity index (χ4v) is 5.88. The van der Waals surface area contributed by atoms with Gasteiger partial charge in [-0.05, 0) is 80.9 Å². The Morgan fingerprint density at radius 2 is 1.71 bits per heavy atom. The molecule has 4 saturated carbocycles. The molecule has 0 amide bonds. The molecule has 0 aliphatic heterocycles. The predicted octanol–water partition coefficient (Wildman–Crippen LogP) is 4.85. The summed E-state index contributed by atoms with van der Waals surface area (Å²) in [4.78, 5) is 5.02. The molecule has 1 N–H and O–H groups in total. The van der Waals surface area contributed by atoms with Crippen LogP contribution in [0.4, 0.5) is 0 Å². The highest BCUT2D eigenvalue weighted by Gasteiger charge is 2.50. The zero-order valence-corrected chi connectivity index (χ0v) is 14.1. The summed E-state index contributed by atoms with van der Waals surface area (Å²) in [5, 5.41) is 10.2. The van der Waals surface area contributed by atoms with Gasteiger partial charge in [-0.2, -0.15) is 0 Å². The molecule has 0 saturated heterocycles. The van der Waals surface area contributed by atoms with Crippen LogP contribution in [0.1, 0.15) is 49.7 Å². The van der Waals surface area contributed by atoms with E-state index in [-0.39, 0.29) is 5.54 Å². The van der Waals surface area contributed by atoms with Gasteiger partial charge >= 0.3 is 0 Å². The Morgan fingerprint density at radius 1 is 1.14 bits per heavy atom. The molecule has 0 atom stereocenters. The Labute approximate surface area is 134 Å². The van der Waals surface area contributed by atoms with Crippen molar-refractivity contribution in [2.24, 2.45) is 22.7 Å². The first kappa shape index (κ1) is 13.8. The number of hydrogen-bond acceptors (Lipinski definition) is 2. The van der Waals surface area contributed by atoms with E-state index < -0.39 is 0 Å². The molecule has 3 heteroatoms. The van der Waals surface area contributed by atoms with Gasteiger partial charge in [0.25, 0.3) is 0 Å². The summed E-state index contributed by atoms with van der Waals surface area (Å²) in [5.41, 5.74) is 1.92. The standard InChI is InChI=1S/C18H22BrNO/c1-11-2-16(19)6-15(17(11)21)10-20-18-7-12-3-13(8-18)5-14(4-12)9-18/h2,6,10,12-14,21H,3-5,7-9H2,1H3. The predicted molar refractivity (Wildman–Crippen MR) is 89.0 cm³/mol. The van der Waals surface area contributed by atoms with Crippen molar-refractivity contribution in [3.8, 4) is 5.75 Å². The number of aliphatic imine (C=N–C) groups is 1. The topological polar surface area (TPSA) is 32.6 Å². The quantitative estimate of drug-likeness (QED) is 0.762. The highest BCUT2D eigenvalue weighted by Crippen LogP contribution is 2.57. The van der Waals surface area contributed by atoms with Crippen LogP contribution in [-0.4, -0.2) is 16.9 Å². The molecule has 0 aromatic heterocycles. The summed E-state index contributed by atoms with van der Waals surface area (Å²) in [6, 6.07) is 3.91. The van der Waals surface area contributed by atoms with Crippen molar-refractivity contribution < 1.29 is 5.11 Å². The molecule has 1 aromatic carbocycles. The molecule has 4 fully saturated rings. The van der Waals surface area contributed by atoms with Crippen molar-refractivity contribution in [1.29, 1.82) is 0 Å². The minimum atomic E-state index is 0.178. The maximum atomic E-state index is 10.2. The Hall–Kier alpha value is -0.830. The molecule has 0 heterocycles. The van der Waals surface area contributed by atoms with E-state index in [0.29, 0.717) is 5.75 Å². The minimum Gasteiger partial charge on any atom is -0.507 e. The third-order valence-corrected chi connectivity index (χ3v) is 6.24. The summed E-state index contributed by atoms with van der Waals surface area (Å²) >= 11 is 3.51. The van der Waals surface area contributed by atoms with Gasteiger partial charge in [-0.1, -0.05) is 15.9 Å². The fraction of sp³-hybridized carbons (Fsp3) is 0.611. The lowest BCUT2D eigenvalue weighted by molar-refractivity contribution is 0.00194. The second-order valence-electron chi connectivity index (χ2n) is 7.56. The van der Waals surface area contributed by atoms with E-state index in [2.05, 4.69) is 15.9 Å². The van der Waals surface area contributed by atoms with Crippen LogP contribution in [0.2, 0.25) is 0 Å². The zero-order chi connectivity index (χ0) is 14.6. The lowest BCUT2D eigenvalue weighted by atomic mass is 9.53. The Morgan fingerprint density at radius 3 is 2.29 bits per heavy atom. The molecule has 2 nitrogen and oxygen atoms in total. The largest absolute Gasteiger partial charge is 0.507 e. The van der Waals surface area contributed by atoms with Crippen LogP contribution in [0.15, 0.2) is 21.6 Å². The Kier molecular flexibility index (Phi) is 3.18. The van der Waals surface area contributed by atoms with Gasteiger partial charge in [-0.25, -0.2) is 0 Å². The average molecular weight is 348 g/mol. The molecule has 1 aromatic rings. The van der Waals surface area contributed by atoms with Gasteiger partial charge in [0.1, 0.15) is 5.75 Å². The number of aromatic hydroxyl groups is 1. The molecule has 4 bridgehead atoms. The number of aryl methyl sites for hydroxylation is 1. The van der Waals surface area contributed by atoms with Crippen molar-refractivity contribution >= 4 is 22.1 Å². The maximum absolute atomic E-state index is 10.2. The highest BCUT2D eigenvalue weighted by molar-refractivity contribution is 9.10. The second kappa shape index (κ2) is 4.84. The molecular weight excluding hydrogens is 326 g/mol. The van der Waals surface area contributed by atoms with E-state index in [1.54, 1.807) is 0 Å². The monoisotopic (exact) mass is 347 g/mol. The maximum Gasteiger partial charge on any atom is 0.127 e. The Bertz CT molecular complexity index is 572. The first-order chi connectivity index (χ1) is 10.0. The van der Waals surface area contributed by atoms with Crippen LogP contribution < -0.4 is 0 Å². The highest BCUT2D eigenvalue weighted by atomic mass is 79.9. The molecule has 0 spiro atoms. The first-order valence-corrected chi connectivity index (χ1v) is 8.87. The van der Waals surface area contributed by atoms with Crippen molar-refractivity contribution in [3.05, 3.63) is 27.7 Å². The summed E-state index contributed by atoms with van der Waals surface area (Å²) in [6.07, 6.45) is 10.1. The third kappa shape index (κ3) is 2.44. The summed E-state index contributed by atoms with van der Waals surface area (Å²) in [5.74, 6) is 3.09. The van der Waals surface area contributed by atoms with Crippen molar-refractivity contribution in [1.82, 2.24) is 0 Å². The smallest absolute Gasteiger partial charge is 0.127 e. The number of rotatable bonds is 2. The van der Waals surface area contributed by atoms with Gasteiger partial charge in [0.15, 0.2) is 0 Å². The fourth-order valence-electron chi connectivity index (χ4n) is 5.29. The number of benzene rings is 1. The summed E-state index contributed by atoms with van der Waals surface area (Å²) in [6.45, 7) is 1.93. The van der Waals surface area contributed by atoms with Crippen molar-refractivity contribution in [3.63, 3.8) is 0 Å². The van der Waals surface area contributed by atoms with Crippen LogP contribution in [0.25, 0.3) is 0 Å². The van der Waals surface area contributed by atoms with Gasteiger partial charge in [0.2, 0.25) is 0 Å². The van der Waals surface area contributed by atoms with Gasteiger partial charge in [-0.15, -0.1) is 0 Å². The SMILES string of the molecule is Cc1cc(Br)cc(C=NC23CC4CC(CC(C4)C2)C3)c1O. The second-order valence-corrected chi connectivity index (χ2v) is 8.48. The lowest BCUT2D eigenvalue weighted by Crippen LogP contribution is -2.49.